The Bertz CT molecular complexity index is 1090. The van der Waals surface area contributed by atoms with E-state index >= 15 is 0 Å². The normalized spacial score (nSPS) is 16.0. The lowest BCUT2D eigenvalue weighted by Crippen LogP contribution is -2.31. The zero-order valence-corrected chi connectivity index (χ0v) is 19.5. The molecule has 0 aromatic heterocycles. The minimum absolute atomic E-state index is 0.247. The predicted molar refractivity (Wildman–Crippen MR) is 143 cm³/mol. The van der Waals surface area contributed by atoms with Crippen LogP contribution in [0.5, 0.6) is 0 Å². The molecule has 3 aromatic carbocycles. The SMILES string of the molecule is CC=CC(=CCC)N(C1=CCC(N(c2ccccc2)c2ccccc2)C=C1)c1ccccc1. The first-order valence-corrected chi connectivity index (χ1v) is 11.8. The number of nitrogens with zero attached hydrogens (tertiary/aromatic N) is 2. The van der Waals surface area contributed by atoms with Crippen molar-refractivity contribution < 1.29 is 0 Å². The molecule has 0 heterocycles. The number of hydrogen-bond acceptors (Lipinski definition) is 2. The summed E-state index contributed by atoms with van der Waals surface area (Å²) in [6.45, 7) is 4.26. The Labute approximate surface area is 198 Å². The lowest BCUT2D eigenvalue weighted by atomic mass is 10.0. The molecule has 33 heavy (non-hydrogen) atoms. The van der Waals surface area contributed by atoms with Crippen LogP contribution in [0.4, 0.5) is 17.1 Å². The van der Waals surface area contributed by atoms with Crippen molar-refractivity contribution in [2.24, 2.45) is 0 Å². The van der Waals surface area contributed by atoms with Crippen molar-refractivity contribution in [3.63, 3.8) is 0 Å². The zero-order chi connectivity index (χ0) is 22.9. The van der Waals surface area contributed by atoms with Gasteiger partial charge in [0.1, 0.15) is 0 Å². The van der Waals surface area contributed by atoms with Gasteiger partial charge in [-0.05, 0) is 68.3 Å². The van der Waals surface area contributed by atoms with Crippen LogP contribution >= 0.6 is 0 Å². The van der Waals surface area contributed by atoms with Gasteiger partial charge in [0.05, 0.1) is 6.04 Å². The molecule has 1 aliphatic carbocycles. The summed E-state index contributed by atoms with van der Waals surface area (Å²) in [5.41, 5.74) is 5.98. The van der Waals surface area contributed by atoms with Gasteiger partial charge in [0.25, 0.3) is 0 Å². The number of anilines is 3. The van der Waals surface area contributed by atoms with Gasteiger partial charge in [0.2, 0.25) is 0 Å². The third-order valence-electron chi connectivity index (χ3n) is 5.74. The molecule has 4 rings (SSSR count). The number of allylic oxidation sites excluding steroid dienone is 4. The van der Waals surface area contributed by atoms with Gasteiger partial charge in [-0.2, -0.15) is 0 Å². The molecule has 2 heteroatoms. The number of hydrogen-bond donors (Lipinski definition) is 0. The fourth-order valence-electron chi connectivity index (χ4n) is 4.30. The highest BCUT2D eigenvalue weighted by atomic mass is 15.2. The Morgan fingerprint density at radius 1 is 0.818 bits per heavy atom. The van der Waals surface area contributed by atoms with Gasteiger partial charge < -0.3 is 9.80 Å². The van der Waals surface area contributed by atoms with Crippen molar-refractivity contribution in [2.45, 2.75) is 32.7 Å². The van der Waals surface area contributed by atoms with E-state index in [1.165, 1.54) is 28.5 Å². The van der Waals surface area contributed by atoms with Crippen LogP contribution in [-0.4, -0.2) is 6.04 Å². The summed E-state index contributed by atoms with van der Waals surface area (Å²) in [6, 6.07) is 32.2. The van der Waals surface area contributed by atoms with Gasteiger partial charge in [0, 0.05) is 28.5 Å². The molecule has 0 aliphatic heterocycles. The van der Waals surface area contributed by atoms with E-state index in [1.54, 1.807) is 0 Å². The third kappa shape index (κ3) is 5.35. The average Bonchev–Trinajstić information content (AvgIpc) is 2.88. The van der Waals surface area contributed by atoms with Crippen LogP contribution < -0.4 is 9.80 Å². The van der Waals surface area contributed by atoms with Gasteiger partial charge in [0.15, 0.2) is 0 Å². The van der Waals surface area contributed by atoms with Crippen LogP contribution in [0.2, 0.25) is 0 Å². The van der Waals surface area contributed by atoms with E-state index in [1.807, 2.05) is 0 Å². The molecule has 166 valence electrons. The zero-order valence-electron chi connectivity index (χ0n) is 19.5. The van der Waals surface area contributed by atoms with Crippen molar-refractivity contribution in [3.8, 4) is 0 Å². The fraction of sp³-hybridized carbons (Fsp3) is 0.161. The number of rotatable bonds is 8. The van der Waals surface area contributed by atoms with Gasteiger partial charge in [-0.1, -0.05) is 85.8 Å². The Morgan fingerprint density at radius 3 is 1.82 bits per heavy atom. The van der Waals surface area contributed by atoms with E-state index in [9.17, 15) is 0 Å². The summed E-state index contributed by atoms with van der Waals surface area (Å²) in [6.07, 6.45) is 15.5. The summed E-state index contributed by atoms with van der Waals surface area (Å²) in [7, 11) is 0. The Morgan fingerprint density at radius 2 is 1.36 bits per heavy atom. The molecule has 0 saturated carbocycles. The van der Waals surface area contributed by atoms with E-state index in [2.05, 4.69) is 151 Å². The van der Waals surface area contributed by atoms with Gasteiger partial charge in [-0.3, -0.25) is 0 Å². The van der Waals surface area contributed by atoms with Crippen molar-refractivity contribution in [1.29, 1.82) is 0 Å². The molecule has 3 aromatic rings. The molecule has 0 radical (unpaired) electrons. The molecule has 1 atom stereocenters. The van der Waals surface area contributed by atoms with Crippen LogP contribution in [-0.2, 0) is 0 Å². The maximum Gasteiger partial charge on any atom is 0.0561 e. The van der Waals surface area contributed by atoms with Crippen molar-refractivity contribution in [1.82, 2.24) is 0 Å². The summed E-state index contributed by atoms with van der Waals surface area (Å²) >= 11 is 0. The van der Waals surface area contributed by atoms with Crippen LogP contribution in [0, 0.1) is 0 Å². The number of para-hydroxylation sites is 3. The second kappa shape index (κ2) is 11.2. The minimum Gasteiger partial charge on any atom is -0.334 e. The second-order valence-corrected chi connectivity index (χ2v) is 8.04. The molecule has 0 spiro atoms. The lowest BCUT2D eigenvalue weighted by molar-refractivity contribution is 0.775. The van der Waals surface area contributed by atoms with E-state index in [0.29, 0.717) is 0 Å². The van der Waals surface area contributed by atoms with E-state index in [0.717, 1.165) is 12.8 Å². The molecule has 2 nitrogen and oxygen atoms in total. The first-order chi connectivity index (χ1) is 16.3. The first-order valence-electron chi connectivity index (χ1n) is 11.8. The second-order valence-electron chi connectivity index (χ2n) is 8.04. The average molecular weight is 433 g/mol. The van der Waals surface area contributed by atoms with Crippen LogP contribution in [0.25, 0.3) is 0 Å². The van der Waals surface area contributed by atoms with E-state index < -0.39 is 0 Å². The predicted octanol–water partition coefficient (Wildman–Crippen LogP) is 8.41. The monoisotopic (exact) mass is 432 g/mol. The maximum absolute atomic E-state index is 2.42. The smallest absolute Gasteiger partial charge is 0.0561 e. The molecule has 0 fully saturated rings. The molecule has 0 bridgehead atoms. The minimum atomic E-state index is 0.247. The summed E-state index contributed by atoms with van der Waals surface area (Å²) in [5, 5.41) is 0. The van der Waals surface area contributed by atoms with Crippen molar-refractivity contribution in [3.05, 3.63) is 139 Å². The summed E-state index contributed by atoms with van der Waals surface area (Å²) in [5.74, 6) is 0. The third-order valence-corrected chi connectivity index (χ3v) is 5.74. The topological polar surface area (TPSA) is 6.48 Å². The molecule has 0 amide bonds. The molecule has 1 unspecified atom stereocenters. The molecule has 0 saturated heterocycles. The standard InChI is InChI=1S/C31H32N2/c1-3-14-26(15-4-2)32(27-16-8-5-9-17-27)30-22-24-31(25-23-30)33(28-18-10-6-11-19-28)29-20-12-7-13-21-29/h3,5-24,31H,4,25H2,1-2H3. The van der Waals surface area contributed by atoms with Gasteiger partial charge in [-0.25, -0.2) is 0 Å². The number of benzene rings is 3. The van der Waals surface area contributed by atoms with Gasteiger partial charge >= 0.3 is 0 Å². The van der Waals surface area contributed by atoms with Crippen LogP contribution in [0.1, 0.15) is 26.7 Å². The Kier molecular flexibility index (Phi) is 7.60. The molecular formula is C31H32N2. The molecular weight excluding hydrogens is 400 g/mol. The highest BCUT2D eigenvalue weighted by Gasteiger charge is 2.22. The Balaban J connectivity index is 1.68. The Hall–Kier alpha value is -3.78. The first kappa shape index (κ1) is 22.4. The van der Waals surface area contributed by atoms with Crippen LogP contribution in [0.15, 0.2) is 139 Å². The summed E-state index contributed by atoms with van der Waals surface area (Å²) in [4.78, 5) is 4.77. The summed E-state index contributed by atoms with van der Waals surface area (Å²) < 4.78 is 0. The highest BCUT2D eigenvalue weighted by Crippen LogP contribution is 2.34. The molecule has 0 N–H and O–H groups in total. The highest BCUT2D eigenvalue weighted by molar-refractivity contribution is 5.67. The van der Waals surface area contributed by atoms with E-state index in [4.69, 9.17) is 0 Å². The quantitative estimate of drug-likeness (QED) is 0.330. The van der Waals surface area contributed by atoms with Crippen molar-refractivity contribution >= 4 is 17.1 Å². The fourth-order valence-corrected chi connectivity index (χ4v) is 4.30. The molecule has 1 aliphatic rings. The van der Waals surface area contributed by atoms with Crippen LogP contribution in [0.3, 0.4) is 0 Å². The van der Waals surface area contributed by atoms with Gasteiger partial charge in [-0.15, -0.1) is 0 Å². The maximum atomic E-state index is 2.42. The van der Waals surface area contributed by atoms with Crippen molar-refractivity contribution in [2.75, 3.05) is 9.80 Å². The van der Waals surface area contributed by atoms with E-state index in [-0.39, 0.29) is 6.04 Å². The largest absolute Gasteiger partial charge is 0.334 e. The lowest BCUT2D eigenvalue weighted by Gasteiger charge is -2.35.